The van der Waals surface area contributed by atoms with Gasteiger partial charge in [0.05, 0.1) is 0 Å². The SMILES string of the molecule is C[C@@H](NCC1CCNCC1)c1ccccc1F. The van der Waals surface area contributed by atoms with Crippen molar-refractivity contribution in [2.45, 2.75) is 25.8 Å². The van der Waals surface area contributed by atoms with E-state index >= 15 is 0 Å². The minimum Gasteiger partial charge on any atom is -0.317 e. The molecule has 1 heterocycles. The van der Waals surface area contributed by atoms with Crippen LogP contribution < -0.4 is 10.6 Å². The van der Waals surface area contributed by atoms with Crippen LogP contribution in [0, 0.1) is 11.7 Å². The molecule has 94 valence electrons. The molecule has 3 heteroatoms. The second kappa shape index (κ2) is 6.12. The number of hydrogen-bond donors (Lipinski definition) is 2. The second-order valence-corrected chi connectivity index (χ2v) is 4.84. The summed E-state index contributed by atoms with van der Waals surface area (Å²) in [6, 6.07) is 7.10. The molecule has 1 aliphatic heterocycles. The molecular formula is C14H21FN2. The lowest BCUT2D eigenvalue weighted by molar-refractivity contribution is 0.343. The molecule has 17 heavy (non-hydrogen) atoms. The normalized spacial score (nSPS) is 19.2. The van der Waals surface area contributed by atoms with E-state index in [1.807, 2.05) is 19.1 Å². The van der Waals surface area contributed by atoms with Gasteiger partial charge < -0.3 is 10.6 Å². The van der Waals surface area contributed by atoms with E-state index in [0.717, 1.165) is 31.1 Å². The van der Waals surface area contributed by atoms with Crippen LogP contribution in [-0.4, -0.2) is 19.6 Å². The summed E-state index contributed by atoms with van der Waals surface area (Å²) >= 11 is 0. The Kier molecular flexibility index (Phi) is 4.51. The predicted octanol–water partition coefficient (Wildman–Crippen LogP) is 2.48. The van der Waals surface area contributed by atoms with E-state index < -0.39 is 0 Å². The standard InChI is InChI=1S/C14H21FN2/c1-11(13-4-2-3-5-14(13)15)17-10-12-6-8-16-9-7-12/h2-5,11-12,16-17H,6-10H2,1H3/t11-/m1/s1. The summed E-state index contributed by atoms with van der Waals surface area (Å²) in [5, 5.41) is 6.80. The molecule has 0 amide bonds. The quantitative estimate of drug-likeness (QED) is 0.839. The molecule has 0 aromatic heterocycles. The van der Waals surface area contributed by atoms with Crippen molar-refractivity contribution in [3.8, 4) is 0 Å². The third kappa shape index (κ3) is 3.51. The van der Waals surface area contributed by atoms with Crippen molar-refractivity contribution >= 4 is 0 Å². The van der Waals surface area contributed by atoms with Crippen molar-refractivity contribution in [1.82, 2.24) is 10.6 Å². The first-order valence-corrected chi connectivity index (χ1v) is 6.46. The van der Waals surface area contributed by atoms with Crippen LogP contribution in [-0.2, 0) is 0 Å². The molecule has 1 saturated heterocycles. The lowest BCUT2D eigenvalue weighted by Crippen LogP contribution is -2.34. The maximum Gasteiger partial charge on any atom is 0.127 e. The fourth-order valence-electron chi connectivity index (χ4n) is 2.37. The summed E-state index contributed by atoms with van der Waals surface area (Å²) in [5.41, 5.74) is 0.765. The minimum absolute atomic E-state index is 0.0890. The number of rotatable bonds is 4. The molecule has 0 bridgehead atoms. The fraction of sp³-hybridized carbons (Fsp3) is 0.571. The van der Waals surface area contributed by atoms with Gasteiger partial charge in [-0.15, -0.1) is 0 Å². The average molecular weight is 236 g/mol. The topological polar surface area (TPSA) is 24.1 Å². The highest BCUT2D eigenvalue weighted by Crippen LogP contribution is 2.17. The van der Waals surface area contributed by atoms with Gasteiger partial charge >= 0.3 is 0 Å². The molecule has 0 aliphatic carbocycles. The van der Waals surface area contributed by atoms with Gasteiger partial charge in [0.2, 0.25) is 0 Å². The fourth-order valence-corrected chi connectivity index (χ4v) is 2.37. The summed E-state index contributed by atoms with van der Waals surface area (Å²) in [6.07, 6.45) is 2.44. The molecule has 1 atom stereocenters. The Morgan fingerprint density at radius 1 is 1.35 bits per heavy atom. The van der Waals surface area contributed by atoms with Gasteiger partial charge in [-0.2, -0.15) is 0 Å². The number of halogens is 1. The number of benzene rings is 1. The number of piperidine rings is 1. The summed E-state index contributed by atoms with van der Waals surface area (Å²) in [7, 11) is 0. The van der Waals surface area contributed by atoms with Crippen molar-refractivity contribution < 1.29 is 4.39 Å². The Labute approximate surface area is 103 Å². The van der Waals surface area contributed by atoms with Crippen molar-refractivity contribution in [3.05, 3.63) is 35.6 Å². The predicted molar refractivity (Wildman–Crippen MR) is 68.4 cm³/mol. The van der Waals surface area contributed by atoms with E-state index in [9.17, 15) is 4.39 Å². The van der Waals surface area contributed by atoms with Crippen molar-refractivity contribution in [3.63, 3.8) is 0 Å². The van der Waals surface area contributed by atoms with Crippen molar-refractivity contribution in [2.75, 3.05) is 19.6 Å². The van der Waals surface area contributed by atoms with Crippen LogP contribution in [0.5, 0.6) is 0 Å². The molecule has 0 unspecified atom stereocenters. The molecule has 1 aliphatic rings. The summed E-state index contributed by atoms with van der Waals surface area (Å²) in [5.74, 6) is 0.614. The molecule has 1 aromatic rings. The van der Waals surface area contributed by atoms with Crippen LogP contribution in [0.4, 0.5) is 4.39 Å². The average Bonchev–Trinajstić information content (AvgIpc) is 2.38. The Balaban J connectivity index is 1.84. The largest absolute Gasteiger partial charge is 0.317 e. The van der Waals surface area contributed by atoms with Crippen LogP contribution >= 0.6 is 0 Å². The van der Waals surface area contributed by atoms with Crippen LogP contribution in [0.1, 0.15) is 31.4 Å². The van der Waals surface area contributed by atoms with Crippen LogP contribution in [0.15, 0.2) is 24.3 Å². The molecule has 2 rings (SSSR count). The van der Waals surface area contributed by atoms with E-state index in [-0.39, 0.29) is 11.9 Å². The maximum absolute atomic E-state index is 13.6. The molecular weight excluding hydrogens is 215 g/mol. The van der Waals surface area contributed by atoms with Crippen molar-refractivity contribution in [2.24, 2.45) is 5.92 Å². The molecule has 2 nitrogen and oxygen atoms in total. The molecule has 0 radical (unpaired) electrons. The smallest absolute Gasteiger partial charge is 0.127 e. The van der Waals surface area contributed by atoms with Gasteiger partial charge in [0.1, 0.15) is 5.82 Å². The zero-order valence-electron chi connectivity index (χ0n) is 10.4. The van der Waals surface area contributed by atoms with Gasteiger partial charge in [-0.25, -0.2) is 4.39 Å². The first-order chi connectivity index (χ1) is 8.27. The third-order valence-corrected chi connectivity index (χ3v) is 3.54. The lowest BCUT2D eigenvalue weighted by atomic mass is 9.97. The highest BCUT2D eigenvalue weighted by molar-refractivity contribution is 5.20. The minimum atomic E-state index is -0.113. The van der Waals surface area contributed by atoms with E-state index in [4.69, 9.17) is 0 Å². The third-order valence-electron chi connectivity index (χ3n) is 3.54. The van der Waals surface area contributed by atoms with Crippen LogP contribution in [0.3, 0.4) is 0 Å². The zero-order valence-corrected chi connectivity index (χ0v) is 10.4. The summed E-state index contributed by atoms with van der Waals surface area (Å²) in [4.78, 5) is 0. The van der Waals surface area contributed by atoms with E-state index in [1.165, 1.54) is 18.9 Å². The Morgan fingerprint density at radius 3 is 2.76 bits per heavy atom. The Bertz CT molecular complexity index is 348. The number of hydrogen-bond acceptors (Lipinski definition) is 2. The van der Waals surface area contributed by atoms with Gasteiger partial charge in [-0.05, 0) is 51.4 Å². The maximum atomic E-state index is 13.6. The second-order valence-electron chi connectivity index (χ2n) is 4.84. The summed E-state index contributed by atoms with van der Waals surface area (Å²) < 4.78 is 13.6. The first-order valence-electron chi connectivity index (χ1n) is 6.46. The molecule has 2 N–H and O–H groups in total. The molecule has 0 saturated carbocycles. The van der Waals surface area contributed by atoms with E-state index in [2.05, 4.69) is 10.6 Å². The molecule has 1 fully saturated rings. The van der Waals surface area contributed by atoms with Gasteiger partial charge in [0.25, 0.3) is 0 Å². The summed E-state index contributed by atoms with van der Waals surface area (Å²) in [6.45, 7) is 5.23. The Morgan fingerprint density at radius 2 is 2.06 bits per heavy atom. The molecule has 1 aromatic carbocycles. The van der Waals surface area contributed by atoms with E-state index in [0.29, 0.717) is 0 Å². The van der Waals surface area contributed by atoms with Gasteiger partial charge in [0.15, 0.2) is 0 Å². The van der Waals surface area contributed by atoms with Crippen LogP contribution in [0.25, 0.3) is 0 Å². The highest BCUT2D eigenvalue weighted by atomic mass is 19.1. The van der Waals surface area contributed by atoms with Gasteiger partial charge in [-0.3, -0.25) is 0 Å². The van der Waals surface area contributed by atoms with Crippen molar-refractivity contribution in [1.29, 1.82) is 0 Å². The van der Waals surface area contributed by atoms with E-state index in [1.54, 1.807) is 6.07 Å². The highest BCUT2D eigenvalue weighted by Gasteiger charge is 2.15. The van der Waals surface area contributed by atoms with Gasteiger partial charge in [-0.1, -0.05) is 18.2 Å². The van der Waals surface area contributed by atoms with Gasteiger partial charge in [0, 0.05) is 11.6 Å². The number of nitrogens with one attached hydrogen (secondary N) is 2. The zero-order chi connectivity index (χ0) is 12.1. The molecule has 0 spiro atoms. The Hall–Kier alpha value is -0.930. The first kappa shape index (κ1) is 12.5. The monoisotopic (exact) mass is 236 g/mol. The van der Waals surface area contributed by atoms with Crippen LogP contribution in [0.2, 0.25) is 0 Å². The lowest BCUT2D eigenvalue weighted by Gasteiger charge is -2.25.